The fourth-order valence-corrected chi connectivity index (χ4v) is 11.4. The van der Waals surface area contributed by atoms with E-state index in [1.54, 1.807) is 12.1 Å². The molecule has 12 rings (SSSR count). The Kier molecular flexibility index (Phi) is 7.89. The van der Waals surface area contributed by atoms with Gasteiger partial charge in [0.25, 0.3) is 0 Å². The fraction of sp³-hybridized carbons (Fsp3) is 0.564. The van der Waals surface area contributed by atoms with E-state index in [2.05, 4.69) is 32.3 Å². The SMILES string of the molecule is N#CC12CC(C(C[C@H]3O[C@@](C#N)(c4ccc5c(N)ncnn45)[C@H](O)[C@@H]3O)OC(=O)OC(C[C@H]3O[C@@](C#N)(c4ccc5c(N)ncnn45)[C@H](O)[C@@H]3O)C34CC(C#N)(C3)C4)(C1)C2. The number of carbonyl (C=O) groups excluding carboxylic acids is 1. The molecule has 6 aliphatic carbocycles. The summed E-state index contributed by atoms with van der Waals surface area (Å²) in [6, 6.07) is 14.8. The summed E-state index contributed by atoms with van der Waals surface area (Å²) < 4.78 is 27.3. The summed E-state index contributed by atoms with van der Waals surface area (Å²) in [7, 11) is 0. The minimum atomic E-state index is -2.11. The van der Waals surface area contributed by atoms with E-state index in [0.29, 0.717) is 49.6 Å². The molecule has 308 valence electrons. The van der Waals surface area contributed by atoms with Crippen LogP contribution in [0.3, 0.4) is 0 Å². The lowest BCUT2D eigenvalue weighted by molar-refractivity contribution is -0.254. The van der Waals surface area contributed by atoms with Crippen molar-refractivity contribution >= 4 is 28.8 Å². The number of aliphatic hydroxyl groups is 4. The topological polar surface area (TPSA) is 342 Å². The zero-order valence-electron chi connectivity index (χ0n) is 31.7. The first kappa shape index (κ1) is 38.1. The van der Waals surface area contributed by atoms with Gasteiger partial charge in [-0.05, 0) is 62.8 Å². The Morgan fingerprint density at radius 2 is 1.08 bits per heavy atom. The number of rotatable bonds is 10. The number of anilines is 2. The van der Waals surface area contributed by atoms with Gasteiger partial charge in [-0.25, -0.2) is 23.8 Å². The highest BCUT2D eigenvalue weighted by Gasteiger charge is 2.75. The van der Waals surface area contributed by atoms with Gasteiger partial charge in [-0.1, -0.05) is 0 Å². The van der Waals surface area contributed by atoms with Gasteiger partial charge in [0.15, 0.2) is 11.6 Å². The molecule has 8 aliphatic rings. The van der Waals surface area contributed by atoms with E-state index in [0.717, 1.165) is 0 Å². The van der Waals surface area contributed by atoms with Crippen molar-refractivity contribution in [3.8, 4) is 24.3 Å². The Labute approximate surface area is 339 Å². The van der Waals surface area contributed by atoms with Crippen molar-refractivity contribution in [3.63, 3.8) is 0 Å². The Morgan fingerprint density at radius 3 is 1.43 bits per heavy atom. The lowest BCUT2D eigenvalue weighted by atomic mass is 9.34. The maximum absolute atomic E-state index is 14.1. The third-order valence-corrected chi connectivity index (χ3v) is 14.3. The molecule has 2 aliphatic heterocycles. The van der Waals surface area contributed by atoms with E-state index < -0.39 is 87.8 Å². The lowest BCUT2D eigenvalue weighted by Crippen LogP contribution is -2.68. The van der Waals surface area contributed by atoms with Crippen molar-refractivity contribution in [1.82, 2.24) is 29.2 Å². The number of ether oxygens (including phenoxy) is 4. The van der Waals surface area contributed by atoms with Gasteiger partial charge in [-0.2, -0.15) is 31.2 Å². The van der Waals surface area contributed by atoms with Gasteiger partial charge in [0.1, 0.15) is 72.5 Å². The molecular formula is C39H38N12O9. The summed E-state index contributed by atoms with van der Waals surface area (Å²) in [4.78, 5) is 22.0. The number of carbonyl (C=O) groups is 1. The first-order chi connectivity index (χ1) is 28.6. The molecule has 8 N–H and O–H groups in total. The minimum absolute atomic E-state index is 0.0925. The first-order valence-electron chi connectivity index (χ1n) is 19.4. The number of nitrogens with zero attached hydrogens (tertiary/aromatic N) is 10. The van der Waals surface area contributed by atoms with Gasteiger partial charge in [0.05, 0.1) is 46.6 Å². The number of hydrogen-bond donors (Lipinski definition) is 6. The van der Waals surface area contributed by atoms with Gasteiger partial charge in [-0.15, -0.1) is 0 Å². The average Bonchev–Trinajstić information content (AvgIpc) is 3.92. The van der Waals surface area contributed by atoms with Crippen LogP contribution in [0.2, 0.25) is 0 Å². The molecule has 0 spiro atoms. The quantitative estimate of drug-likeness (QED) is 0.118. The molecule has 60 heavy (non-hydrogen) atoms. The minimum Gasteiger partial charge on any atom is -0.430 e. The zero-order valence-corrected chi connectivity index (χ0v) is 31.7. The van der Waals surface area contributed by atoms with Crippen LogP contribution in [-0.2, 0) is 30.1 Å². The summed E-state index contributed by atoms with van der Waals surface area (Å²) in [6.07, 6.45) is -8.10. The number of fused-ring (bicyclic) bond motifs is 2. The fourth-order valence-electron chi connectivity index (χ4n) is 11.4. The second-order valence-electron chi connectivity index (χ2n) is 17.7. The van der Waals surface area contributed by atoms with Crippen LogP contribution in [0.15, 0.2) is 36.9 Å². The van der Waals surface area contributed by atoms with Crippen molar-refractivity contribution in [3.05, 3.63) is 48.3 Å². The van der Waals surface area contributed by atoms with Gasteiger partial charge < -0.3 is 50.8 Å². The number of nitriles is 4. The summed E-state index contributed by atoms with van der Waals surface area (Å²) in [5.41, 5.74) is 6.10. The van der Waals surface area contributed by atoms with Crippen molar-refractivity contribution in [1.29, 1.82) is 21.0 Å². The summed E-state index contributed by atoms with van der Waals surface area (Å²) in [5, 5.41) is 94.6. The lowest BCUT2D eigenvalue weighted by Gasteiger charge is -2.69. The molecule has 10 atom stereocenters. The van der Waals surface area contributed by atoms with E-state index in [1.165, 1.54) is 33.8 Å². The molecule has 21 heteroatoms. The third kappa shape index (κ3) is 4.87. The highest BCUT2D eigenvalue weighted by atomic mass is 16.7. The van der Waals surface area contributed by atoms with E-state index in [9.17, 15) is 46.3 Å². The summed E-state index contributed by atoms with van der Waals surface area (Å²) in [5.74, 6) is 0.224. The molecule has 4 aromatic heterocycles. The standard InChI is InChI=1S/C39H38N12O9/c40-13-34-7-36(8-34,9-34)25(5-21-27(52)29(54)38(15-42,59-21)23-3-1-19-31(44)46-17-48-50(19)23)57-33(56)58-26(37-10-35(11-37,12-37)14-41)6-22-28(53)30(55)39(16-43,60-22)24-4-2-20-32(45)47-18-49-51(20)24/h1-4,17-18,21-22,25-30,52-55H,5-12H2,(H2,44,46,48)(H2,45,47,49)/t21-,22-,25?,26?,27-,28-,29-,30-,34?,35?,36?,37?,38+,39+/m1/s1. The molecule has 2 unspecified atom stereocenters. The molecule has 8 fully saturated rings. The maximum Gasteiger partial charge on any atom is 0.508 e. The van der Waals surface area contributed by atoms with Crippen molar-refractivity contribution in [2.45, 2.75) is 111 Å². The second kappa shape index (κ2) is 12.4. The smallest absolute Gasteiger partial charge is 0.430 e. The maximum atomic E-state index is 14.1. The van der Waals surface area contributed by atoms with Crippen LogP contribution in [0.4, 0.5) is 16.4 Å². The average molecular weight is 819 g/mol. The van der Waals surface area contributed by atoms with E-state index in [4.69, 9.17) is 30.4 Å². The predicted octanol–water partition coefficient (Wildman–Crippen LogP) is 0.374. The first-order valence-corrected chi connectivity index (χ1v) is 19.4. The number of aromatic nitrogens is 6. The Balaban J connectivity index is 0.911. The number of aliphatic hydroxyl groups excluding tert-OH is 4. The van der Waals surface area contributed by atoms with Crippen LogP contribution in [-0.4, -0.2) is 105 Å². The molecule has 6 saturated carbocycles. The molecule has 0 radical (unpaired) electrons. The highest BCUT2D eigenvalue weighted by molar-refractivity contribution is 5.67. The van der Waals surface area contributed by atoms with Crippen LogP contribution in [0.1, 0.15) is 62.8 Å². The third-order valence-electron chi connectivity index (χ3n) is 14.3. The van der Waals surface area contributed by atoms with E-state index >= 15 is 0 Å². The molecule has 0 aromatic carbocycles. The van der Waals surface area contributed by atoms with Gasteiger partial charge in [0.2, 0.25) is 11.2 Å². The number of hydrogen-bond acceptors (Lipinski definition) is 19. The molecule has 4 aromatic rings. The van der Waals surface area contributed by atoms with Crippen LogP contribution < -0.4 is 11.5 Å². The molecule has 21 nitrogen and oxygen atoms in total. The van der Waals surface area contributed by atoms with E-state index in [1.807, 2.05) is 12.1 Å². The Morgan fingerprint density at radius 1 is 0.700 bits per heavy atom. The molecule has 4 bridgehead atoms. The largest absolute Gasteiger partial charge is 0.508 e. The van der Waals surface area contributed by atoms with Crippen molar-refractivity contribution < 1.29 is 44.2 Å². The van der Waals surface area contributed by atoms with Crippen molar-refractivity contribution in [2.75, 3.05) is 11.5 Å². The van der Waals surface area contributed by atoms with Gasteiger partial charge in [0, 0.05) is 23.7 Å². The summed E-state index contributed by atoms with van der Waals surface area (Å²) >= 11 is 0. The summed E-state index contributed by atoms with van der Waals surface area (Å²) in [6.45, 7) is 0. The second-order valence-corrected chi connectivity index (χ2v) is 17.7. The van der Waals surface area contributed by atoms with Crippen LogP contribution in [0.5, 0.6) is 0 Å². The number of nitrogens with two attached hydrogens (primary N) is 2. The predicted molar refractivity (Wildman–Crippen MR) is 196 cm³/mol. The monoisotopic (exact) mass is 818 g/mol. The normalized spacial score (nSPS) is 40.3. The van der Waals surface area contributed by atoms with Crippen LogP contribution >= 0.6 is 0 Å². The molecule has 6 heterocycles. The molecule has 2 saturated heterocycles. The number of nitrogen functional groups attached to an aromatic ring is 2. The highest BCUT2D eigenvalue weighted by Crippen LogP contribution is 2.76. The Hall–Kier alpha value is -6.17. The zero-order chi connectivity index (χ0) is 42.2. The molecule has 0 amide bonds. The van der Waals surface area contributed by atoms with E-state index in [-0.39, 0.29) is 35.9 Å². The van der Waals surface area contributed by atoms with Crippen LogP contribution in [0, 0.1) is 67.0 Å². The van der Waals surface area contributed by atoms with Gasteiger partial charge >= 0.3 is 6.16 Å². The molecular weight excluding hydrogens is 781 g/mol. The van der Waals surface area contributed by atoms with Crippen molar-refractivity contribution in [2.24, 2.45) is 21.7 Å². The van der Waals surface area contributed by atoms with Gasteiger partial charge in [-0.3, -0.25) is 0 Å². The Bertz CT molecular complexity index is 2440. The van der Waals surface area contributed by atoms with Crippen LogP contribution in [0.25, 0.3) is 11.0 Å².